The van der Waals surface area contributed by atoms with Crippen molar-refractivity contribution in [3.8, 4) is 0 Å². The summed E-state index contributed by atoms with van der Waals surface area (Å²) in [5, 5.41) is 10.4. The van der Waals surface area contributed by atoms with Crippen LogP contribution >= 0.6 is 0 Å². The topological polar surface area (TPSA) is 86.7 Å². The number of aliphatic carboxylic acids is 1. The Bertz CT molecular complexity index is 342. The maximum Gasteiger partial charge on any atom is 0.328 e. The van der Waals surface area contributed by atoms with Crippen molar-refractivity contribution in [1.82, 2.24) is 10.2 Å². The van der Waals surface area contributed by atoms with Gasteiger partial charge in [0.2, 0.25) is 0 Å². The van der Waals surface area contributed by atoms with Crippen molar-refractivity contribution in [3.05, 3.63) is 12.2 Å². The summed E-state index contributed by atoms with van der Waals surface area (Å²) in [5.74, 6) is -1.99. The van der Waals surface area contributed by atoms with E-state index in [2.05, 4.69) is 5.32 Å². The molecular formula is C11H18N2O4. The molecular weight excluding hydrogens is 224 g/mol. The normalized spacial score (nSPS) is 11.3. The van der Waals surface area contributed by atoms with E-state index in [0.717, 1.165) is 6.08 Å². The zero-order chi connectivity index (χ0) is 13.6. The van der Waals surface area contributed by atoms with Crippen LogP contribution in [0.25, 0.3) is 0 Å². The van der Waals surface area contributed by atoms with E-state index in [1.165, 1.54) is 4.90 Å². The van der Waals surface area contributed by atoms with Crippen molar-refractivity contribution in [3.63, 3.8) is 0 Å². The zero-order valence-electron chi connectivity index (χ0n) is 10.5. The number of carbonyl (C=O) groups excluding carboxylic acids is 2. The van der Waals surface area contributed by atoms with Crippen LogP contribution in [0.3, 0.4) is 0 Å². The largest absolute Gasteiger partial charge is 0.478 e. The van der Waals surface area contributed by atoms with Crippen molar-refractivity contribution in [1.29, 1.82) is 0 Å². The first-order chi connectivity index (χ1) is 7.61. The molecule has 0 aromatic rings. The number of imide groups is 1. The molecule has 0 bridgehead atoms. The maximum atomic E-state index is 11.5. The molecule has 0 atom stereocenters. The number of carboxylic acid groups (broad SMARTS) is 1. The third kappa shape index (κ3) is 8.01. The SMILES string of the molecule is CN(CC(C)(C)C)C(=O)NC(=O)C=CC(=O)O. The van der Waals surface area contributed by atoms with Crippen LogP contribution < -0.4 is 5.32 Å². The summed E-state index contributed by atoms with van der Waals surface area (Å²) in [7, 11) is 1.56. The number of carbonyl (C=O) groups is 3. The predicted molar refractivity (Wildman–Crippen MR) is 62.4 cm³/mol. The van der Waals surface area contributed by atoms with Gasteiger partial charge in [-0.15, -0.1) is 0 Å². The monoisotopic (exact) mass is 242 g/mol. The fourth-order valence-electron chi connectivity index (χ4n) is 1.17. The molecule has 0 rings (SSSR count). The van der Waals surface area contributed by atoms with Crippen LogP contribution in [-0.4, -0.2) is 41.5 Å². The van der Waals surface area contributed by atoms with Gasteiger partial charge in [-0.25, -0.2) is 9.59 Å². The van der Waals surface area contributed by atoms with E-state index in [0.29, 0.717) is 12.6 Å². The first-order valence-corrected chi connectivity index (χ1v) is 5.09. The van der Waals surface area contributed by atoms with Crippen LogP contribution in [0.15, 0.2) is 12.2 Å². The van der Waals surface area contributed by atoms with Crippen LogP contribution in [-0.2, 0) is 9.59 Å². The molecule has 2 N–H and O–H groups in total. The molecule has 0 aromatic heterocycles. The number of hydrogen-bond donors (Lipinski definition) is 2. The van der Waals surface area contributed by atoms with E-state index in [4.69, 9.17) is 5.11 Å². The molecule has 6 heteroatoms. The van der Waals surface area contributed by atoms with Crippen LogP contribution in [0.1, 0.15) is 20.8 Å². The molecule has 0 aliphatic heterocycles. The number of nitrogens with zero attached hydrogens (tertiary/aromatic N) is 1. The van der Waals surface area contributed by atoms with Crippen LogP contribution in [0.5, 0.6) is 0 Å². The highest BCUT2D eigenvalue weighted by Crippen LogP contribution is 2.13. The van der Waals surface area contributed by atoms with Crippen molar-refractivity contribution in [2.75, 3.05) is 13.6 Å². The second-order valence-corrected chi connectivity index (χ2v) is 4.88. The average Bonchev–Trinajstić information content (AvgIpc) is 2.11. The molecule has 17 heavy (non-hydrogen) atoms. The van der Waals surface area contributed by atoms with E-state index in [1.807, 2.05) is 20.8 Å². The number of carboxylic acids is 1. The highest BCUT2D eigenvalue weighted by atomic mass is 16.4. The second-order valence-electron chi connectivity index (χ2n) is 4.88. The Hall–Kier alpha value is -1.85. The van der Waals surface area contributed by atoms with Gasteiger partial charge >= 0.3 is 12.0 Å². The van der Waals surface area contributed by atoms with Gasteiger partial charge in [0, 0.05) is 25.7 Å². The molecule has 0 aromatic carbocycles. The predicted octanol–water partition coefficient (Wildman–Crippen LogP) is 0.841. The number of amides is 3. The first-order valence-electron chi connectivity index (χ1n) is 5.09. The minimum absolute atomic E-state index is 0.0773. The Morgan fingerprint density at radius 2 is 1.76 bits per heavy atom. The summed E-state index contributed by atoms with van der Waals surface area (Å²) in [4.78, 5) is 34.1. The first kappa shape index (κ1) is 15.2. The highest BCUT2D eigenvalue weighted by Gasteiger charge is 2.18. The Morgan fingerprint density at radius 3 is 2.18 bits per heavy atom. The maximum absolute atomic E-state index is 11.5. The summed E-state index contributed by atoms with van der Waals surface area (Å²) >= 11 is 0. The third-order valence-corrected chi connectivity index (χ3v) is 1.67. The van der Waals surface area contributed by atoms with Crippen molar-refractivity contribution in [2.24, 2.45) is 5.41 Å². The van der Waals surface area contributed by atoms with Gasteiger partial charge in [0.25, 0.3) is 5.91 Å². The molecule has 0 saturated carbocycles. The van der Waals surface area contributed by atoms with E-state index in [-0.39, 0.29) is 5.41 Å². The standard InChI is InChI=1S/C11H18N2O4/c1-11(2,3)7-13(4)10(17)12-8(14)5-6-9(15)16/h5-6H,7H2,1-4H3,(H,15,16)(H,12,14,17). The smallest absolute Gasteiger partial charge is 0.328 e. The van der Waals surface area contributed by atoms with Gasteiger partial charge in [-0.1, -0.05) is 20.8 Å². The number of urea groups is 1. The van der Waals surface area contributed by atoms with Crippen LogP contribution in [0.4, 0.5) is 4.79 Å². The van der Waals surface area contributed by atoms with Gasteiger partial charge in [-0.3, -0.25) is 10.1 Å². The number of nitrogens with one attached hydrogen (secondary N) is 1. The van der Waals surface area contributed by atoms with E-state index in [1.54, 1.807) is 7.05 Å². The third-order valence-electron chi connectivity index (χ3n) is 1.67. The molecule has 0 radical (unpaired) electrons. The van der Waals surface area contributed by atoms with Gasteiger partial charge in [-0.2, -0.15) is 0 Å². The summed E-state index contributed by atoms with van der Waals surface area (Å²) in [5.41, 5.74) is -0.0773. The molecule has 96 valence electrons. The second kappa shape index (κ2) is 6.03. The lowest BCUT2D eigenvalue weighted by atomic mass is 9.96. The molecule has 0 spiro atoms. The summed E-state index contributed by atoms with van der Waals surface area (Å²) in [6.45, 7) is 6.36. The molecule has 6 nitrogen and oxygen atoms in total. The molecule has 0 aliphatic rings. The van der Waals surface area contributed by atoms with E-state index in [9.17, 15) is 14.4 Å². The molecule has 0 fully saturated rings. The molecule has 3 amide bonds. The Labute approximate surface area is 100 Å². The lowest BCUT2D eigenvalue weighted by Gasteiger charge is -2.26. The lowest BCUT2D eigenvalue weighted by Crippen LogP contribution is -2.43. The van der Waals surface area contributed by atoms with Gasteiger partial charge in [0.1, 0.15) is 0 Å². The Balaban J connectivity index is 4.26. The molecule has 0 heterocycles. The summed E-state index contributed by atoms with van der Waals surface area (Å²) < 4.78 is 0. The fourth-order valence-corrected chi connectivity index (χ4v) is 1.17. The molecule has 0 unspecified atom stereocenters. The van der Waals surface area contributed by atoms with Gasteiger partial charge in [-0.05, 0) is 5.41 Å². The summed E-state index contributed by atoms with van der Waals surface area (Å²) in [6, 6.07) is -0.556. The molecule has 0 saturated heterocycles. The van der Waals surface area contributed by atoms with Crippen LogP contribution in [0.2, 0.25) is 0 Å². The van der Waals surface area contributed by atoms with Crippen molar-refractivity contribution in [2.45, 2.75) is 20.8 Å². The van der Waals surface area contributed by atoms with Gasteiger partial charge in [0.05, 0.1) is 0 Å². The van der Waals surface area contributed by atoms with E-state index >= 15 is 0 Å². The summed E-state index contributed by atoms with van der Waals surface area (Å²) in [6.07, 6.45) is 1.47. The lowest BCUT2D eigenvalue weighted by molar-refractivity contribution is -0.131. The quantitative estimate of drug-likeness (QED) is 0.718. The number of hydrogen-bond acceptors (Lipinski definition) is 3. The average molecular weight is 242 g/mol. The zero-order valence-corrected chi connectivity index (χ0v) is 10.5. The highest BCUT2D eigenvalue weighted by molar-refractivity contribution is 6.02. The van der Waals surface area contributed by atoms with Crippen LogP contribution in [0, 0.1) is 5.41 Å². The van der Waals surface area contributed by atoms with Gasteiger partial charge in [0.15, 0.2) is 0 Å². The molecule has 0 aliphatic carbocycles. The Kier molecular flexibility index (Phi) is 5.37. The minimum atomic E-state index is -1.24. The Morgan fingerprint density at radius 1 is 1.24 bits per heavy atom. The van der Waals surface area contributed by atoms with Gasteiger partial charge < -0.3 is 10.0 Å². The van der Waals surface area contributed by atoms with Crippen molar-refractivity contribution < 1.29 is 19.5 Å². The van der Waals surface area contributed by atoms with E-state index < -0.39 is 17.9 Å². The fraction of sp³-hybridized carbons (Fsp3) is 0.545. The number of rotatable bonds is 3. The minimum Gasteiger partial charge on any atom is -0.478 e. The van der Waals surface area contributed by atoms with Crippen molar-refractivity contribution >= 4 is 17.9 Å².